The number of nitrogens with one attached hydrogen (secondary N) is 2. The fraction of sp³-hybridized carbons (Fsp3) is 0.455. The Hall–Kier alpha value is -2.64. The molecule has 3 aromatic rings. The summed E-state index contributed by atoms with van der Waals surface area (Å²) in [5, 5.41) is 17.6. The third kappa shape index (κ3) is 4.06. The Balaban J connectivity index is 1.69. The summed E-state index contributed by atoms with van der Waals surface area (Å²) in [5.41, 5.74) is 2.10. The van der Waals surface area contributed by atoms with Crippen molar-refractivity contribution in [3.05, 3.63) is 42.2 Å². The van der Waals surface area contributed by atoms with E-state index in [1.165, 1.54) is 0 Å². The smallest absolute Gasteiger partial charge is 0.140 e. The van der Waals surface area contributed by atoms with Gasteiger partial charge in [-0.1, -0.05) is 13.0 Å². The van der Waals surface area contributed by atoms with E-state index in [1.807, 2.05) is 34.9 Å². The second-order valence-electron chi connectivity index (χ2n) is 8.43. The molecule has 2 atom stereocenters. The van der Waals surface area contributed by atoms with Crippen LogP contribution in [-0.2, 0) is 5.60 Å². The average Bonchev–Trinajstić information content (AvgIpc) is 3.09. The maximum Gasteiger partial charge on any atom is 0.140 e. The van der Waals surface area contributed by atoms with E-state index in [0.29, 0.717) is 23.3 Å². The van der Waals surface area contributed by atoms with Gasteiger partial charge in [0.25, 0.3) is 0 Å². The van der Waals surface area contributed by atoms with Crippen LogP contribution in [0.2, 0.25) is 0 Å². The lowest BCUT2D eigenvalue weighted by molar-refractivity contribution is 0.0752. The SMILES string of the molecule is COc1cc2ncc(-c3cccc(N[C@@H]4CNC[C@@H](C)C4)n3)n2cc1C(C)(C)O. The Kier molecular flexibility index (Phi) is 5.19. The molecule has 0 radical (unpaired) electrons. The Labute approximate surface area is 171 Å². The third-order valence-electron chi connectivity index (χ3n) is 5.42. The average molecular weight is 396 g/mol. The molecule has 4 heterocycles. The van der Waals surface area contributed by atoms with Crippen LogP contribution in [0.5, 0.6) is 5.75 Å². The van der Waals surface area contributed by atoms with E-state index >= 15 is 0 Å². The standard InChI is InChI=1S/C22H29N5O2/c1-14-8-15(11-23-10-14)25-20-7-5-6-17(26-20)18-12-24-21-9-19(29-4)16(13-27(18)21)22(2,3)28/h5-7,9,12-15,23,28H,8,10-11H2,1-4H3,(H,25,26)/t14-,15-/m0/s1. The van der Waals surface area contributed by atoms with E-state index in [9.17, 15) is 5.11 Å². The third-order valence-corrected chi connectivity index (χ3v) is 5.42. The van der Waals surface area contributed by atoms with Gasteiger partial charge in [-0.25, -0.2) is 9.97 Å². The van der Waals surface area contributed by atoms with Crippen molar-refractivity contribution in [3.63, 3.8) is 0 Å². The summed E-state index contributed by atoms with van der Waals surface area (Å²) < 4.78 is 7.41. The van der Waals surface area contributed by atoms with E-state index in [1.54, 1.807) is 27.2 Å². The summed E-state index contributed by atoms with van der Waals surface area (Å²) >= 11 is 0. The van der Waals surface area contributed by atoms with Gasteiger partial charge in [0.1, 0.15) is 17.2 Å². The zero-order valence-corrected chi connectivity index (χ0v) is 17.4. The lowest BCUT2D eigenvalue weighted by atomic mass is 9.98. The first-order valence-electron chi connectivity index (χ1n) is 10.1. The Morgan fingerprint density at radius 3 is 2.86 bits per heavy atom. The summed E-state index contributed by atoms with van der Waals surface area (Å²) in [6, 6.07) is 8.19. The van der Waals surface area contributed by atoms with Gasteiger partial charge < -0.3 is 20.5 Å². The van der Waals surface area contributed by atoms with Crippen LogP contribution < -0.4 is 15.4 Å². The molecule has 1 aliphatic heterocycles. The lowest BCUT2D eigenvalue weighted by Crippen LogP contribution is -2.42. The van der Waals surface area contributed by atoms with Gasteiger partial charge in [-0.15, -0.1) is 0 Å². The number of ether oxygens (including phenoxy) is 1. The van der Waals surface area contributed by atoms with Crippen molar-refractivity contribution in [2.24, 2.45) is 5.92 Å². The van der Waals surface area contributed by atoms with Crippen molar-refractivity contribution >= 4 is 11.5 Å². The maximum absolute atomic E-state index is 10.6. The Bertz CT molecular complexity index is 1010. The van der Waals surface area contributed by atoms with Crippen molar-refractivity contribution in [2.45, 2.75) is 38.8 Å². The minimum Gasteiger partial charge on any atom is -0.496 e. The van der Waals surface area contributed by atoms with E-state index in [4.69, 9.17) is 9.72 Å². The van der Waals surface area contributed by atoms with Crippen LogP contribution in [0.15, 0.2) is 36.7 Å². The Morgan fingerprint density at radius 2 is 2.14 bits per heavy atom. The van der Waals surface area contributed by atoms with Crippen LogP contribution in [0.3, 0.4) is 0 Å². The van der Waals surface area contributed by atoms with Crippen LogP contribution in [0.4, 0.5) is 5.82 Å². The maximum atomic E-state index is 10.6. The lowest BCUT2D eigenvalue weighted by Gasteiger charge is -2.28. The van der Waals surface area contributed by atoms with E-state index in [2.05, 4.69) is 22.5 Å². The van der Waals surface area contributed by atoms with Crippen molar-refractivity contribution in [1.29, 1.82) is 0 Å². The molecule has 0 unspecified atom stereocenters. The molecule has 0 aliphatic carbocycles. The van der Waals surface area contributed by atoms with Gasteiger partial charge >= 0.3 is 0 Å². The largest absolute Gasteiger partial charge is 0.496 e. The summed E-state index contributed by atoms with van der Waals surface area (Å²) in [6.45, 7) is 7.77. The first-order valence-corrected chi connectivity index (χ1v) is 10.1. The molecule has 1 saturated heterocycles. The molecule has 1 fully saturated rings. The first-order chi connectivity index (χ1) is 13.8. The number of hydrogen-bond donors (Lipinski definition) is 3. The van der Waals surface area contributed by atoms with Crippen LogP contribution >= 0.6 is 0 Å². The van der Waals surface area contributed by atoms with Gasteiger partial charge in [0.05, 0.1) is 30.3 Å². The highest BCUT2D eigenvalue weighted by molar-refractivity contribution is 5.64. The number of pyridine rings is 2. The number of imidazole rings is 1. The van der Waals surface area contributed by atoms with Gasteiger partial charge in [-0.3, -0.25) is 4.40 Å². The van der Waals surface area contributed by atoms with Gasteiger partial charge in [0, 0.05) is 30.4 Å². The van der Waals surface area contributed by atoms with Crippen LogP contribution in [0, 0.1) is 5.92 Å². The van der Waals surface area contributed by atoms with Crippen LogP contribution in [0.1, 0.15) is 32.8 Å². The highest BCUT2D eigenvalue weighted by Crippen LogP contribution is 2.32. The fourth-order valence-corrected chi connectivity index (χ4v) is 3.96. The summed E-state index contributed by atoms with van der Waals surface area (Å²) in [7, 11) is 1.60. The number of rotatable bonds is 5. The molecule has 3 N–H and O–H groups in total. The number of nitrogens with zero attached hydrogens (tertiary/aromatic N) is 3. The van der Waals surface area contributed by atoms with E-state index < -0.39 is 5.60 Å². The van der Waals surface area contributed by atoms with Gasteiger partial charge in [-0.2, -0.15) is 0 Å². The molecule has 3 aromatic heterocycles. The number of hydrogen-bond acceptors (Lipinski definition) is 6. The second-order valence-corrected chi connectivity index (χ2v) is 8.43. The van der Waals surface area contributed by atoms with Crippen molar-refractivity contribution in [3.8, 4) is 17.1 Å². The number of fused-ring (bicyclic) bond motifs is 1. The van der Waals surface area contributed by atoms with Crippen molar-refractivity contribution < 1.29 is 9.84 Å². The summed E-state index contributed by atoms with van der Waals surface area (Å²) in [4.78, 5) is 9.34. The molecule has 7 nitrogen and oxygen atoms in total. The molecular weight excluding hydrogens is 366 g/mol. The number of methoxy groups -OCH3 is 1. The number of piperidine rings is 1. The van der Waals surface area contributed by atoms with Crippen LogP contribution in [0.25, 0.3) is 17.0 Å². The van der Waals surface area contributed by atoms with Crippen molar-refractivity contribution in [2.75, 3.05) is 25.5 Å². The summed E-state index contributed by atoms with van der Waals surface area (Å²) in [6.07, 6.45) is 4.81. The van der Waals surface area contributed by atoms with Crippen molar-refractivity contribution in [1.82, 2.24) is 19.7 Å². The molecule has 7 heteroatoms. The molecule has 154 valence electrons. The molecule has 0 amide bonds. The van der Waals surface area contributed by atoms with Crippen LogP contribution in [-0.4, -0.2) is 45.7 Å². The fourth-order valence-electron chi connectivity index (χ4n) is 3.96. The second kappa shape index (κ2) is 7.65. The quantitative estimate of drug-likeness (QED) is 0.616. The first kappa shape index (κ1) is 19.7. The number of aliphatic hydroxyl groups is 1. The molecule has 0 spiro atoms. The number of aromatic nitrogens is 3. The molecule has 0 bridgehead atoms. The minimum absolute atomic E-state index is 0.370. The molecule has 4 rings (SSSR count). The number of anilines is 1. The van der Waals surface area contributed by atoms with Gasteiger partial charge in [-0.05, 0) is 44.9 Å². The monoisotopic (exact) mass is 395 g/mol. The molecule has 0 aromatic carbocycles. The normalized spacial score (nSPS) is 20.0. The van der Waals surface area contributed by atoms with Gasteiger partial charge in [0.2, 0.25) is 0 Å². The van der Waals surface area contributed by atoms with Gasteiger partial charge in [0.15, 0.2) is 0 Å². The predicted molar refractivity (Wildman–Crippen MR) is 114 cm³/mol. The molecule has 0 saturated carbocycles. The van der Waals surface area contributed by atoms with E-state index in [0.717, 1.165) is 42.4 Å². The van der Waals surface area contributed by atoms with E-state index in [-0.39, 0.29) is 0 Å². The molecule has 1 aliphatic rings. The summed E-state index contributed by atoms with van der Waals surface area (Å²) in [5.74, 6) is 2.12. The topological polar surface area (TPSA) is 83.7 Å². The predicted octanol–water partition coefficient (Wildman–Crippen LogP) is 3.04. The minimum atomic E-state index is -1.04. The Morgan fingerprint density at radius 1 is 1.31 bits per heavy atom. The molecular formula is C22H29N5O2. The zero-order chi connectivity index (χ0) is 20.6. The molecule has 29 heavy (non-hydrogen) atoms. The highest BCUT2D eigenvalue weighted by Gasteiger charge is 2.23. The zero-order valence-electron chi connectivity index (χ0n) is 17.4. The highest BCUT2D eigenvalue weighted by atomic mass is 16.5.